The summed E-state index contributed by atoms with van der Waals surface area (Å²) in [5.74, 6) is 0.512. The van der Waals surface area contributed by atoms with E-state index in [1.54, 1.807) is 7.11 Å². The number of aromatic nitrogens is 3. The summed E-state index contributed by atoms with van der Waals surface area (Å²) < 4.78 is 9.76. The molecule has 2 N–H and O–H groups in total. The molecule has 146 valence electrons. The molecule has 0 bridgehead atoms. The first-order valence-electron chi connectivity index (χ1n) is 9.25. The molecule has 0 saturated carbocycles. The topological polar surface area (TPSA) is 78.3 Å². The smallest absolute Gasteiger partial charge is 0.221 e. The van der Waals surface area contributed by atoms with Gasteiger partial charge in [-0.05, 0) is 44.6 Å². The van der Waals surface area contributed by atoms with E-state index in [-0.39, 0.29) is 11.8 Å². The largest absolute Gasteiger partial charge is 0.383 e. The van der Waals surface area contributed by atoms with Crippen molar-refractivity contribution in [3.05, 3.63) is 34.6 Å². The monoisotopic (exact) mass is 389 g/mol. The highest BCUT2D eigenvalue weighted by atomic mass is 32.1. The Labute approximate surface area is 164 Å². The van der Waals surface area contributed by atoms with Crippen molar-refractivity contribution in [1.82, 2.24) is 19.2 Å². The Morgan fingerprint density at radius 2 is 2.26 bits per heavy atom. The number of carbonyl (C=O) groups excluding carboxylic acids is 1. The van der Waals surface area contributed by atoms with Gasteiger partial charge in [-0.25, -0.2) is 4.68 Å². The van der Waals surface area contributed by atoms with Crippen molar-refractivity contribution in [3.63, 3.8) is 0 Å². The van der Waals surface area contributed by atoms with Crippen LogP contribution in [0.1, 0.15) is 18.4 Å². The van der Waals surface area contributed by atoms with Gasteiger partial charge in [-0.2, -0.15) is 5.10 Å². The highest BCUT2D eigenvalue weighted by Crippen LogP contribution is 2.21. The Kier molecular flexibility index (Phi) is 6.41. The SMILES string of the molecule is COCCn1c(-c2cccc(C)c2)nn(CN2CCC[C@@H](C(N)=O)C2)c1=S. The molecule has 1 aliphatic heterocycles. The molecule has 2 aromatic rings. The van der Waals surface area contributed by atoms with E-state index in [0.717, 1.165) is 30.8 Å². The summed E-state index contributed by atoms with van der Waals surface area (Å²) >= 11 is 5.70. The van der Waals surface area contributed by atoms with Gasteiger partial charge < -0.3 is 10.5 Å². The number of piperidine rings is 1. The number of hydrogen-bond donors (Lipinski definition) is 1. The lowest BCUT2D eigenvalue weighted by molar-refractivity contribution is -0.123. The predicted octanol–water partition coefficient (Wildman–Crippen LogP) is 2.19. The van der Waals surface area contributed by atoms with Gasteiger partial charge in [0.2, 0.25) is 5.91 Å². The van der Waals surface area contributed by atoms with E-state index in [2.05, 4.69) is 24.0 Å². The molecule has 7 nitrogen and oxygen atoms in total. The first-order valence-corrected chi connectivity index (χ1v) is 9.65. The van der Waals surface area contributed by atoms with E-state index < -0.39 is 0 Å². The fourth-order valence-corrected chi connectivity index (χ4v) is 3.80. The summed E-state index contributed by atoms with van der Waals surface area (Å²) in [6.45, 7) is 5.39. The molecule has 2 heterocycles. The van der Waals surface area contributed by atoms with E-state index in [1.165, 1.54) is 5.56 Å². The minimum atomic E-state index is -0.227. The summed E-state index contributed by atoms with van der Waals surface area (Å²) in [5.41, 5.74) is 7.70. The number of carbonyl (C=O) groups is 1. The van der Waals surface area contributed by atoms with E-state index in [4.69, 9.17) is 27.8 Å². The van der Waals surface area contributed by atoms with Crippen molar-refractivity contribution in [1.29, 1.82) is 0 Å². The second kappa shape index (κ2) is 8.77. The van der Waals surface area contributed by atoms with Crippen molar-refractivity contribution in [3.8, 4) is 11.4 Å². The molecule has 0 spiro atoms. The van der Waals surface area contributed by atoms with E-state index in [0.29, 0.717) is 31.1 Å². The van der Waals surface area contributed by atoms with Crippen LogP contribution in [0.25, 0.3) is 11.4 Å². The van der Waals surface area contributed by atoms with Crippen LogP contribution in [-0.4, -0.2) is 52.0 Å². The van der Waals surface area contributed by atoms with Gasteiger partial charge in [0.25, 0.3) is 0 Å². The van der Waals surface area contributed by atoms with Gasteiger partial charge in [-0.15, -0.1) is 0 Å². The highest BCUT2D eigenvalue weighted by Gasteiger charge is 2.25. The molecular weight excluding hydrogens is 362 g/mol. The van der Waals surface area contributed by atoms with Crippen LogP contribution in [0.2, 0.25) is 0 Å². The van der Waals surface area contributed by atoms with Crippen molar-refractivity contribution >= 4 is 18.1 Å². The molecule has 0 aliphatic carbocycles. The van der Waals surface area contributed by atoms with Gasteiger partial charge in [-0.1, -0.05) is 23.8 Å². The third-order valence-electron chi connectivity index (χ3n) is 4.96. The van der Waals surface area contributed by atoms with Gasteiger partial charge in [0.1, 0.15) is 0 Å². The van der Waals surface area contributed by atoms with Crippen molar-refractivity contribution in [2.24, 2.45) is 11.7 Å². The quantitative estimate of drug-likeness (QED) is 0.735. The summed E-state index contributed by atoms with van der Waals surface area (Å²) in [6.07, 6.45) is 1.81. The Hall–Kier alpha value is -2.03. The molecule has 3 rings (SSSR count). The highest BCUT2D eigenvalue weighted by molar-refractivity contribution is 7.71. The molecule has 1 amide bonds. The zero-order valence-electron chi connectivity index (χ0n) is 15.9. The van der Waals surface area contributed by atoms with Gasteiger partial charge in [0.15, 0.2) is 10.6 Å². The van der Waals surface area contributed by atoms with Crippen LogP contribution in [-0.2, 0) is 22.7 Å². The lowest BCUT2D eigenvalue weighted by Gasteiger charge is -2.30. The Morgan fingerprint density at radius 1 is 1.44 bits per heavy atom. The van der Waals surface area contributed by atoms with Crippen LogP contribution in [0, 0.1) is 17.6 Å². The molecule has 0 unspecified atom stereocenters. The number of hydrogen-bond acceptors (Lipinski definition) is 5. The van der Waals surface area contributed by atoms with Crippen LogP contribution < -0.4 is 5.73 Å². The molecule has 8 heteroatoms. The van der Waals surface area contributed by atoms with Crippen molar-refractivity contribution < 1.29 is 9.53 Å². The van der Waals surface area contributed by atoms with Gasteiger partial charge in [0, 0.05) is 19.2 Å². The number of primary amides is 1. The first-order chi connectivity index (χ1) is 13.0. The Morgan fingerprint density at radius 3 is 2.96 bits per heavy atom. The zero-order chi connectivity index (χ0) is 19.4. The maximum atomic E-state index is 11.5. The molecule has 1 saturated heterocycles. The van der Waals surface area contributed by atoms with Crippen LogP contribution in [0.3, 0.4) is 0 Å². The number of ether oxygens (including phenoxy) is 1. The van der Waals surface area contributed by atoms with Crippen molar-refractivity contribution in [2.75, 3.05) is 26.8 Å². The van der Waals surface area contributed by atoms with Gasteiger partial charge in [-0.3, -0.25) is 14.3 Å². The summed E-state index contributed by atoms with van der Waals surface area (Å²) in [4.78, 5) is 13.7. The number of aryl methyl sites for hydroxylation is 1. The third-order valence-corrected chi connectivity index (χ3v) is 5.39. The normalized spacial score (nSPS) is 17.9. The number of nitrogens with zero attached hydrogens (tertiary/aromatic N) is 4. The summed E-state index contributed by atoms with van der Waals surface area (Å²) in [6, 6.07) is 8.23. The van der Waals surface area contributed by atoms with Crippen molar-refractivity contribution in [2.45, 2.75) is 33.0 Å². The maximum absolute atomic E-state index is 11.5. The molecule has 1 aromatic heterocycles. The fourth-order valence-electron chi connectivity index (χ4n) is 3.52. The molecule has 1 fully saturated rings. The minimum absolute atomic E-state index is 0.0975. The van der Waals surface area contributed by atoms with Crippen LogP contribution in [0.15, 0.2) is 24.3 Å². The van der Waals surface area contributed by atoms with Gasteiger partial charge in [0.05, 0.1) is 25.7 Å². The molecule has 1 atom stereocenters. The first kappa shape index (κ1) is 19.7. The number of nitrogens with two attached hydrogens (primary N) is 1. The van der Waals surface area contributed by atoms with E-state index >= 15 is 0 Å². The second-order valence-corrected chi connectivity index (χ2v) is 7.44. The molecule has 0 radical (unpaired) electrons. The third kappa shape index (κ3) is 4.63. The lowest BCUT2D eigenvalue weighted by atomic mass is 9.98. The fraction of sp³-hybridized carbons (Fsp3) is 0.526. The number of amides is 1. The van der Waals surface area contributed by atoms with E-state index in [9.17, 15) is 4.79 Å². The molecule has 27 heavy (non-hydrogen) atoms. The Bertz CT molecular complexity index is 860. The summed E-state index contributed by atoms with van der Waals surface area (Å²) in [5, 5.41) is 4.80. The van der Waals surface area contributed by atoms with Crippen LogP contribution in [0.4, 0.5) is 0 Å². The van der Waals surface area contributed by atoms with Gasteiger partial charge >= 0.3 is 0 Å². The summed E-state index contributed by atoms with van der Waals surface area (Å²) in [7, 11) is 1.68. The van der Waals surface area contributed by atoms with E-state index in [1.807, 2.05) is 21.4 Å². The standard InChI is InChI=1S/C19H27N5O2S/c1-14-5-3-6-15(11-14)18-21-24(19(27)23(18)9-10-26-2)13-22-8-4-7-16(12-22)17(20)25/h3,5-6,11,16H,4,7-10,12-13H2,1-2H3,(H2,20,25)/t16-/m1/s1. The lowest BCUT2D eigenvalue weighted by Crippen LogP contribution is -2.42. The van der Waals surface area contributed by atoms with Crippen LogP contribution in [0.5, 0.6) is 0 Å². The minimum Gasteiger partial charge on any atom is -0.383 e. The average molecular weight is 390 g/mol. The number of benzene rings is 1. The number of methoxy groups -OCH3 is 1. The molecular formula is C19H27N5O2S. The number of rotatable bonds is 7. The number of likely N-dealkylation sites (tertiary alicyclic amines) is 1. The second-order valence-electron chi connectivity index (χ2n) is 7.08. The zero-order valence-corrected chi connectivity index (χ0v) is 16.7. The average Bonchev–Trinajstić information content (AvgIpc) is 2.96. The van der Waals surface area contributed by atoms with Crippen LogP contribution >= 0.6 is 12.2 Å². The maximum Gasteiger partial charge on any atom is 0.221 e. The molecule has 1 aliphatic rings. The molecule has 1 aromatic carbocycles. The Balaban J connectivity index is 1.89. The predicted molar refractivity (Wildman–Crippen MR) is 107 cm³/mol.